The van der Waals surface area contributed by atoms with Gasteiger partial charge in [0.25, 0.3) is 0 Å². The summed E-state index contributed by atoms with van der Waals surface area (Å²) in [6.45, 7) is 4.76. The van der Waals surface area contributed by atoms with Gasteiger partial charge in [0.05, 0.1) is 23.5 Å². The van der Waals surface area contributed by atoms with Gasteiger partial charge in [0.1, 0.15) is 6.07 Å². The van der Waals surface area contributed by atoms with Crippen LogP contribution in [-0.4, -0.2) is 21.1 Å². The highest BCUT2D eigenvalue weighted by Gasteiger charge is 2.11. The first kappa shape index (κ1) is 16.3. The Morgan fingerprint density at radius 2 is 2.04 bits per heavy atom. The van der Waals surface area contributed by atoms with Gasteiger partial charge in [0.2, 0.25) is 0 Å². The quantitative estimate of drug-likeness (QED) is 0.743. The number of anilines is 3. The maximum absolute atomic E-state index is 9.24. The Balaban J connectivity index is 2.04. The minimum absolute atomic E-state index is 0.361. The van der Waals surface area contributed by atoms with E-state index in [0.29, 0.717) is 22.7 Å². The van der Waals surface area contributed by atoms with Crippen LogP contribution >= 0.6 is 0 Å². The van der Waals surface area contributed by atoms with E-state index < -0.39 is 0 Å². The molecular weight excluding hydrogens is 314 g/mol. The third-order valence-corrected chi connectivity index (χ3v) is 3.78. The molecule has 0 atom stereocenters. The van der Waals surface area contributed by atoms with E-state index in [1.165, 1.54) is 10.7 Å². The molecule has 3 aromatic rings. The molecule has 0 unspecified atom stereocenters. The lowest BCUT2D eigenvalue weighted by Crippen LogP contribution is -2.07. The summed E-state index contributed by atoms with van der Waals surface area (Å²) in [7, 11) is 0. The molecule has 25 heavy (non-hydrogen) atoms. The fourth-order valence-corrected chi connectivity index (χ4v) is 2.46. The van der Waals surface area contributed by atoms with Gasteiger partial charge >= 0.3 is 0 Å². The van der Waals surface area contributed by atoms with Gasteiger partial charge in [-0.25, -0.2) is 4.98 Å². The van der Waals surface area contributed by atoms with Gasteiger partial charge in [0, 0.05) is 18.3 Å². The largest absolute Gasteiger partial charge is 0.382 e. The van der Waals surface area contributed by atoms with Crippen molar-refractivity contribution in [2.75, 3.05) is 17.2 Å². The van der Waals surface area contributed by atoms with Crippen LogP contribution in [0.15, 0.2) is 30.5 Å². The standard InChI is InChI=1S/C18H17N7/c1-3-6-21-16-8-17(24-25-15(10-20)11-22-18(16)25)23-14-5-4-12(2)13(7-14)9-19/h4-5,7-8,11,21H,3,6H2,1-2H3,(H,23,24). The smallest absolute Gasteiger partial charge is 0.178 e. The van der Waals surface area contributed by atoms with Crippen LogP contribution in [0.25, 0.3) is 5.65 Å². The maximum Gasteiger partial charge on any atom is 0.178 e. The molecule has 2 N–H and O–H groups in total. The third-order valence-electron chi connectivity index (χ3n) is 3.78. The highest BCUT2D eigenvalue weighted by molar-refractivity contribution is 5.73. The Morgan fingerprint density at radius 1 is 1.20 bits per heavy atom. The summed E-state index contributed by atoms with van der Waals surface area (Å²) < 4.78 is 1.51. The number of nitrogens with one attached hydrogen (secondary N) is 2. The normalized spacial score (nSPS) is 10.2. The van der Waals surface area contributed by atoms with Crippen molar-refractivity contribution in [3.05, 3.63) is 47.3 Å². The van der Waals surface area contributed by atoms with Crippen LogP contribution in [0.1, 0.15) is 30.2 Å². The zero-order valence-electron chi connectivity index (χ0n) is 14.0. The number of hydrogen-bond acceptors (Lipinski definition) is 6. The van der Waals surface area contributed by atoms with E-state index in [0.717, 1.165) is 29.9 Å². The molecule has 0 aliphatic heterocycles. The fraction of sp³-hybridized carbons (Fsp3) is 0.222. The van der Waals surface area contributed by atoms with Gasteiger partial charge in [-0.05, 0) is 31.0 Å². The van der Waals surface area contributed by atoms with Crippen molar-refractivity contribution in [3.63, 3.8) is 0 Å². The molecule has 0 aliphatic carbocycles. The summed E-state index contributed by atoms with van der Waals surface area (Å²) in [5.74, 6) is 0.563. The van der Waals surface area contributed by atoms with E-state index in [1.807, 2.05) is 25.1 Å². The van der Waals surface area contributed by atoms with Crippen molar-refractivity contribution in [1.82, 2.24) is 14.6 Å². The van der Waals surface area contributed by atoms with E-state index in [2.05, 4.69) is 39.8 Å². The van der Waals surface area contributed by atoms with Gasteiger partial charge < -0.3 is 10.6 Å². The molecule has 3 rings (SSSR count). The topological polar surface area (TPSA) is 102 Å². The number of imidazole rings is 1. The van der Waals surface area contributed by atoms with Crippen molar-refractivity contribution in [2.45, 2.75) is 20.3 Å². The molecular formula is C18H17N7. The first-order chi connectivity index (χ1) is 12.2. The van der Waals surface area contributed by atoms with Gasteiger partial charge in [0.15, 0.2) is 17.2 Å². The van der Waals surface area contributed by atoms with Crippen LogP contribution in [0, 0.1) is 29.6 Å². The predicted molar refractivity (Wildman–Crippen MR) is 95.7 cm³/mol. The molecule has 0 bridgehead atoms. The lowest BCUT2D eigenvalue weighted by Gasteiger charge is -2.11. The number of nitrogens with zero attached hydrogens (tertiary/aromatic N) is 5. The molecule has 0 saturated heterocycles. The number of rotatable bonds is 5. The zero-order valence-corrected chi connectivity index (χ0v) is 14.0. The number of aryl methyl sites for hydroxylation is 1. The first-order valence-corrected chi connectivity index (χ1v) is 7.96. The summed E-state index contributed by atoms with van der Waals surface area (Å²) in [5, 5.41) is 29.4. The molecule has 2 heterocycles. The van der Waals surface area contributed by atoms with Crippen molar-refractivity contribution >= 4 is 22.8 Å². The number of fused-ring (bicyclic) bond motifs is 1. The van der Waals surface area contributed by atoms with E-state index in [9.17, 15) is 10.5 Å². The molecule has 124 valence electrons. The second-order valence-electron chi connectivity index (χ2n) is 5.63. The molecule has 0 saturated carbocycles. The Labute approximate surface area is 145 Å². The molecule has 0 aliphatic rings. The lowest BCUT2D eigenvalue weighted by atomic mass is 10.1. The van der Waals surface area contributed by atoms with Crippen LogP contribution in [0.3, 0.4) is 0 Å². The molecule has 2 aromatic heterocycles. The second-order valence-corrected chi connectivity index (χ2v) is 5.63. The Bertz CT molecular complexity index is 1000. The number of benzene rings is 1. The molecule has 0 amide bonds. The second kappa shape index (κ2) is 6.90. The number of nitriles is 2. The highest BCUT2D eigenvalue weighted by atomic mass is 15.3. The summed E-state index contributed by atoms with van der Waals surface area (Å²) in [6.07, 6.45) is 2.47. The first-order valence-electron chi connectivity index (χ1n) is 7.96. The van der Waals surface area contributed by atoms with Crippen LogP contribution in [0.5, 0.6) is 0 Å². The van der Waals surface area contributed by atoms with Crippen molar-refractivity contribution in [3.8, 4) is 12.1 Å². The number of aromatic nitrogens is 3. The lowest BCUT2D eigenvalue weighted by molar-refractivity contribution is 0.919. The van der Waals surface area contributed by atoms with Crippen LogP contribution in [-0.2, 0) is 0 Å². The monoisotopic (exact) mass is 331 g/mol. The van der Waals surface area contributed by atoms with E-state index >= 15 is 0 Å². The van der Waals surface area contributed by atoms with Crippen molar-refractivity contribution in [2.24, 2.45) is 0 Å². The van der Waals surface area contributed by atoms with Crippen LogP contribution < -0.4 is 10.6 Å². The third kappa shape index (κ3) is 3.22. The average molecular weight is 331 g/mol. The summed E-state index contributed by atoms with van der Waals surface area (Å²) in [6, 6.07) is 11.7. The van der Waals surface area contributed by atoms with E-state index in [1.54, 1.807) is 6.07 Å². The zero-order chi connectivity index (χ0) is 17.8. The summed E-state index contributed by atoms with van der Waals surface area (Å²) in [4.78, 5) is 4.27. The Hall–Kier alpha value is -3.58. The van der Waals surface area contributed by atoms with Gasteiger partial charge in [-0.2, -0.15) is 15.0 Å². The van der Waals surface area contributed by atoms with Gasteiger partial charge in [-0.15, -0.1) is 5.10 Å². The molecule has 7 nitrogen and oxygen atoms in total. The van der Waals surface area contributed by atoms with Crippen molar-refractivity contribution in [1.29, 1.82) is 10.5 Å². The van der Waals surface area contributed by atoms with E-state index in [-0.39, 0.29) is 0 Å². The SMILES string of the molecule is CCCNc1cc(Nc2ccc(C)c(C#N)c2)nn2c(C#N)cnc12. The fourth-order valence-electron chi connectivity index (χ4n) is 2.46. The van der Waals surface area contributed by atoms with Gasteiger partial charge in [-0.3, -0.25) is 0 Å². The summed E-state index contributed by atoms with van der Waals surface area (Å²) in [5.41, 5.74) is 4.05. The maximum atomic E-state index is 9.24. The molecule has 0 spiro atoms. The number of hydrogen-bond donors (Lipinski definition) is 2. The minimum atomic E-state index is 0.361. The highest BCUT2D eigenvalue weighted by Crippen LogP contribution is 2.24. The van der Waals surface area contributed by atoms with Crippen molar-refractivity contribution < 1.29 is 0 Å². The minimum Gasteiger partial charge on any atom is -0.382 e. The summed E-state index contributed by atoms with van der Waals surface area (Å²) >= 11 is 0. The molecule has 7 heteroatoms. The average Bonchev–Trinajstić information content (AvgIpc) is 3.04. The molecule has 1 aromatic carbocycles. The Morgan fingerprint density at radius 3 is 2.76 bits per heavy atom. The van der Waals surface area contributed by atoms with Crippen LogP contribution in [0.4, 0.5) is 17.2 Å². The Kier molecular flexibility index (Phi) is 4.49. The molecule has 0 radical (unpaired) electrons. The predicted octanol–water partition coefficient (Wildman–Crippen LogP) is 3.35. The molecule has 0 fully saturated rings. The van der Waals surface area contributed by atoms with Gasteiger partial charge in [-0.1, -0.05) is 13.0 Å². The van der Waals surface area contributed by atoms with Crippen LogP contribution in [0.2, 0.25) is 0 Å². The van der Waals surface area contributed by atoms with E-state index in [4.69, 9.17) is 0 Å².